The number of rotatable bonds is 5. The molecule has 7 nitrogen and oxygen atoms in total. The molecule has 0 saturated carbocycles. The van der Waals surface area contributed by atoms with Crippen molar-refractivity contribution in [3.63, 3.8) is 0 Å². The molecule has 0 bridgehead atoms. The van der Waals surface area contributed by atoms with Crippen LogP contribution in [0.15, 0.2) is 54.7 Å². The van der Waals surface area contributed by atoms with Crippen LogP contribution in [-0.2, 0) is 6.18 Å². The number of pyridine rings is 1. The summed E-state index contributed by atoms with van der Waals surface area (Å²) in [7, 11) is 1.57. The molecule has 0 fully saturated rings. The van der Waals surface area contributed by atoms with Gasteiger partial charge in [0.1, 0.15) is 0 Å². The molecule has 0 spiro atoms. The number of non-ortho nitro benzene ring substituents is 1. The Balaban J connectivity index is 1.77. The largest absolute Gasteiger partial charge is 0.417 e. The van der Waals surface area contributed by atoms with Gasteiger partial charge in [-0.3, -0.25) is 14.9 Å². The lowest BCUT2D eigenvalue weighted by molar-refractivity contribution is -0.384. The normalized spacial score (nSPS) is 11.2. The number of carbonyl (C=O) groups excluding carboxylic acids is 1. The first-order valence-corrected chi connectivity index (χ1v) is 9.55. The van der Waals surface area contributed by atoms with Gasteiger partial charge in [-0.2, -0.15) is 13.2 Å². The number of hydrogen-bond donors (Lipinski definition) is 1. The monoisotopic (exact) mass is 484 g/mol. The fourth-order valence-electron chi connectivity index (χ4n) is 2.72. The highest BCUT2D eigenvalue weighted by molar-refractivity contribution is 6.34. The van der Waals surface area contributed by atoms with Gasteiger partial charge in [0, 0.05) is 36.8 Å². The summed E-state index contributed by atoms with van der Waals surface area (Å²) in [4.78, 5) is 28.0. The maximum absolute atomic E-state index is 12.8. The summed E-state index contributed by atoms with van der Waals surface area (Å²) < 4.78 is 38.4. The fraction of sp³-hybridized carbons (Fsp3) is 0.100. The molecule has 2 aromatic carbocycles. The van der Waals surface area contributed by atoms with E-state index in [9.17, 15) is 28.1 Å². The third kappa shape index (κ3) is 5.09. The zero-order valence-corrected chi connectivity index (χ0v) is 17.7. The molecule has 0 radical (unpaired) electrons. The molecule has 166 valence electrons. The van der Waals surface area contributed by atoms with Crippen LogP contribution >= 0.6 is 23.2 Å². The van der Waals surface area contributed by atoms with Crippen LogP contribution in [0.25, 0.3) is 0 Å². The summed E-state index contributed by atoms with van der Waals surface area (Å²) in [6, 6.07) is 10.5. The van der Waals surface area contributed by atoms with E-state index < -0.39 is 22.6 Å². The summed E-state index contributed by atoms with van der Waals surface area (Å²) in [6.07, 6.45) is -3.87. The van der Waals surface area contributed by atoms with Crippen molar-refractivity contribution >= 4 is 52.0 Å². The Morgan fingerprint density at radius 2 is 1.75 bits per heavy atom. The SMILES string of the molecule is CN(c1ccc(NC(=O)c2cc([N+](=O)[O-])ccc2Cl)cc1)c1ncc(C(F)(F)F)cc1Cl. The van der Waals surface area contributed by atoms with E-state index in [0.29, 0.717) is 17.6 Å². The molecule has 12 heteroatoms. The Morgan fingerprint density at radius 1 is 1.09 bits per heavy atom. The number of nitro benzene ring substituents is 1. The van der Waals surface area contributed by atoms with Crippen molar-refractivity contribution in [2.24, 2.45) is 0 Å². The smallest absolute Gasteiger partial charge is 0.328 e. The molecule has 1 amide bonds. The van der Waals surface area contributed by atoms with Gasteiger partial charge in [0.15, 0.2) is 5.82 Å². The minimum absolute atomic E-state index is 0.0486. The molecule has 0 aliphatic rings. The van der Waals surface area contributed by atoms with E-state index >= 15 is 0 Å². The maximum Gasteiger partial charge on any atom is 0.417 e. The predicted octanol–water partition coefficient (Wildman–Crippen LogP) is 6.34. The maximum atomic E-state index is 12.8. The fourth-order valence-corrected chi connectivity index (χ4v) is 3.22. The number of nitro groups is 1. The first kappa shape index (κ1) is 23.3. The van der Waals surface area contributed by atoms with Gasteiger partial charge in [0.05, 0.1) is 26.1 Å². The first-order valence-electron chi connectivity index (χ1n) is 8.79. The molecule has 0 unspecified atom stereocenters. The van der Waals surface area contributed by atoms with Gasteiger partial charge in [-0.1, -0.05) is 23.2 Å². The van der Waals surface area contributed by atoms with Crippen molar-refractivity contribution in [3.05, 3.63) is 86.0 Å². The summed E-state index contributed by atoms with van der Waals surface area (Å²) in [6.45, 7) is 0. The van der Waals surface area contributed by atoms with Crippen molar-refractivity contribution < 1.29 is 22.9 Å². The Kier molecular flexibility index (Phi) is 6.56. The van der Waals surface area contributed by atoms with Crippen molar-refractivity contribution in [3.8, 4) is 0 Å². The van der Waals surface area contributed by atoms with Crippen LogP contribution in [0.4, 0.5) is 36.1 Å². The van der Waals surface area contributed by atoms with Crippen LogP contribution in [0.5, 0.6) is 0 Å². The zero-order valence-electron chi connectivity index (χ0n) is 16.2. The molecular weight excluding hydrogens is 472 g/mol. The van der Waals surface area contributed by atoms with Crippen LogP contribution in [0, 0.1) is 10.1 Å². The first-order chi connectivity index (χ1) is 15.0. The van der Waals surface area contributed by atoms with Crippen molar-refractivity contribution in [1.29, 1.82) is 0 Å². The number of amides is 1. The van der Waals surface area contributed by atoms with E-state index in [1.807, 2.05) is 0 Å². The lowest BCUT2D eigenvalue weighted by Crippen LogP contribution is -2.15. The highest BCUT2D eigenvalue weighted by Gasteiger charge is 2.32. The van der Waals surface area contributed by atoms with Crippen molar-refractivity contribution in [2.75, 3.05) is 17.3 Å². The van der Waals surface area contributed by atoms with Gasteiger partial charge in [-0.15, -0.1) is 0 Å². The second-order valence-electron chi connectivity index (χ2n) is 6.51. The molecular formula is C20H13Cl2F3N4O3. The van der Waals surface area contributed by atoms with Gasteiger partial charge < -0.3 is 10.2 Å². The van der Waals surface area contributed by atoms with Gasteiger partial charge in [-0.05, 0) is 36.4 Å². The van der Waals surface area contributed by atoms with E-state index in [0.717, 1.165) is 12.1 Å². The Bertz CT molecular complexity index is 1190. The van der Waals surface area contributed by atoms with E-state index in [4.69, 9.17) is 23.2 Å². The number of alkyl halides is 3. The molecule has 3 aromatic rings. The number of anilines is 3. The molecule has 1 N–H and O–H groups in total. The lowest BCUT2D eigenvalue weighted by atomic mass is 10.1. The minimum Gasteiger partial charge on any atom is -0.328 e. The summed E-state index contributed by atoms with van der Waals surface area (Å²) in [5.74, 6) is -0.535. The molecule has 1 aromatic heterocycles. The van der Waals surface area contributed by atoms with Gasteiger partial charge >= 0.3 is 6.18 Å². The lowest BCUT2D eigenvalue weighted by Gasteiger charge is -2.20. The number of benzene rings is 2. The molecule has 0 aliphatic heterocycles. The van der Waals surface area contributed by atoms with Crippen molar-refractivity contribution in [2.45, 2.75) is 6.18 Å². The Labute approximate surface area is 189 Å². The van der Waals surface area contributed by atoms with Gasteiger partial charge in [-0.25, -0.2) is 4.98 Å². The average molecular weight is 485 g/mol. The predicted molar refractivity (Wildman–Crippen MR) is 115 cm³/mol. The number of hydrogen-bond acceptors (Lipinski definition) is 5. The third-order valence-corrected chi connectivity index (χ3v) is 4.99. The van der Waals surface area contributed by atoms with Crippen LogP contribution in [0.1, 0.15) is 15.9 Å². The number of nitrogens with zero attached hydrogens (tertiary/aromatic N) is 3. The zero-order chi connectivity index (χ0) is 23.6. The van der Waals surface area contributed by atoms with E-state index in [2.05, 4.69) is 10.3 Å². The third-order valence-electron chi connectivity index (χ3n) is 4.38. The Morgan fingerprint density at radius 3 is 2.31 bits per heavy atom. The van der Waals surface area contributed by atoms with Crippen LogP contribution < -0.4 is 10.2 Å². The number of halogens is 5. The number of aromatic nitrogens is 1. The van der Waals surface area contributed by atoms with E-state index in [1.54, 1.807) is 19.2 Å². The minimum atomic E-state index is -4.56. The average Bonchev–Trinajstić information content (AvgIpc) is 2.73. The Hall–Kier alpha value is -3.37. The second kappa shape index (κ2) is 9.01. The van der Waals surface area contributed by atoms with Crippen LogP contribution in [0.2, 0.25) is 10.0 Å². The van der Waals surface area contributed by atoms with Gasteiger partial charge in [0.2, 0.25) is 0 Å². The molecule has 3 rings (SSSR count). The van der Waals surface area contributed by atoms with E-state index in [1.165, 1.54) is 29.2 Å². The molecule has 0 atom stereocenters. The highest BCUT2D eigenvalue weighted by Crippen LogP contribution is 2.35. The number of carbonyl (C=O) groups is 1. The standard InChI is InChI=1S/C20H13Cl2F3N4O3/c1-28(18-17(22)8-11(10-26-18)20(23,24)25)13-4-2-12(3-5-13)27-19(30)15-9-14(29(31)32)6-7-16(15)21/h2-10H,1H3,(H,27,30). The van der Waals surface area contributed by atoms with E-state index in [-0.39, 0.29) is 27.1 Å². The summed E-state index contributed by atoms with van der Waals surface area (Å²) in [5.41, 5.74) is -0.413. The topological polar surface area (TPSA) is 88.4 Å². The summed E-state index contributed by atoms with van der Waals surface area (Å²) in [5, 5.41) is 13.4. The van der Waals surface area contributed by atoms with Crippen molar-refractivity contribution in [1.82, 2.24) is 4.98 Å². The quantitative estimate of drug-likeness (QED) is 0.337. The van der Waals surface area contributed by atoms with Gasteiger partial charge in [0.25, 0.3) is 11.6 Å². The molecule has 1 heterocycles. The van der Waals surface area contributed by atoms with Crippen LogP contribution in [-0.4, -0.2) is 22.9 Å². The second-order valence-corrected chi connectivity index (χ2v) is 7.32. The molecule has 0 aliphatic carbocycles. The molecule has 32 heavy (non-hydrogen) atoms. The summed E-state index contributed by atoms with van der Waals surface area (Å²) >= 11 is 11.9. The molecule has 0 saturated heterocycles. The van der Waals surface area contributed by atoms with Crippen LogP contribution in [0.3, 0.4) is 0 Å². The number of nitrogens with one attached hydrogen (secondary N) is 1. The highest BCUT2D eigenvalue weighted by atomic mass is 35.5.